The van der Waals surface area contributed by atoms with Gasteiger partial charge >= 0.3 is 0 Å². The van der Waals surface area contributed by atoms with Crippen LogP contribution in [0.15, 0.2) is 48.5 Å². The van der Waals surface area contributed by atoms with Crippen LogP contribution in [0.1, 0.15) is 52.8 Å². The Morgan fingerprint density at radius 3 is 2.36 bits per heavy atom. The van der Waals surface area contributed by atoms with Crippen LogP contribution < -0.4 is 20.3 Å². The molecule has 2 aromatic rings. The average molecular weight is 470 g/mol. The van der Waals surface area contributed by atoms with E-state index in [1.807, 2.05) is 18.2 Å². The van der Waals surface area contributed by atoms with Gasteiger partial charge in [0.25, 0.3) is 11.8 Å². The third-order valence-electron chi connectivity index (χ3n) is 5.65. The molecule has 0 atom stereocenters. The number of carbonyl (C=O) groups excluding carboxylic acids is 2. The van der Waals surface area contributed by atoms with E-state index in [1.54, 1.807) is 49.4 Å². The number of hydrogen-bond donors (Lipinski definition) is 2. The van der Waals surface area contributed by atoms with Crippen LogP contribution in [0.3, 0.4) is 0 Å². The van der Waals surface area contributed by atoms with Crippen LogP contribution in [0.5, 0.6) is 5.75 Å². The summed E-state index contributed by atoms with van der Waals surface area (Å²) in [6, 6.07) is 14.4. The van der Waals surface area contributed by atoms with Gasteiger partial charge in [-0.15, -0.1) is 0 Å². The number of amides is 2. The number of anilines is 1. The van der Waals surface area contributed by atoms with E-state index in [4.69, 9.17) is 21.7 Å². The first-order chi connectivity index (χ1) is 16.0. The number of hydrogen-bond acceptors (Lipinski definition) is 5. The normalized spacial score (nSPS) is 13.8. The molecule has 2 N–H and O–H groups in total. The van der Waals surface area contributed by atoms with Gasteiger partial charge in [-0.1, -0.05) is 43.5 Å². The Balaban J connectivity index is 1.69. The lowest BCUT2D eigenvalue weighted by Gasteiger charge is -2.26. The minimum absolute atomic E-state index is 0.129. The molecule has 1 aliphatic rings. The van der Waals surface area contributed by atoms with Gasteiger partial charge in [0.05, 0.1) is 23.4 Å². The predicted octanol–water partition coefficient (Wildman–Crippen LogP) is 3.93. The van der Waals surface area contributed by atoms with Crippen LogP contribution in [0.25, 0.3) is 0 Å². The van der Waals surface area contributed by atoms with Gasteiger partial charge in [-0.2, -0.15) is 0 Å². The Hall–Kier alpha value is -2.97. The van der Waals surface area contributed by atoms with Crippen LogP contribution in [0, 0.1) is 0 Å². The molecule has 0 aromatic heterocycles. The summed E-state index contributed by atoms with van der Waals surface area (Å²) in [4.78, 5) is 27.5. The molecular formula is C25H31N3O4S. The zero-order chi connectivity index (χ0) is 23.6. The molecule has 0 aliphatic heterocycles. The maximum atomic E-state index is 13.0. The molecule has 33 heavy (non-hydrogen) atoms. The van der Waals surface area contributed by atoms with Gasteiger partial charge in [0, 0.05) is 20.2 Å². The average Bonchev–Trinajstić information content (AvgIpc) is 2.84. The highest BCUT2D eigenvalue weighted by atomic mass is 32.1. The summed E-state index contributed by atoms with van der Waals surface area (Å²) in [5, 5.41) is 6.08. The quantitative estimate of drug-likeness (QED) is 0.451. The lowest BCUT2D eigenvalue weighted by atomic mass is 9.95. The number of benzene rings is 2. The predicted molar refractivity (Wildman–Crippen MR) is 133 cm³/mol. The number of nitrogens with one attached hydrogen (secondary N) is 2. The molecule has 0 heterocycles. The lowest BCUT2D eigenvalue weighted by molar-refractivity contribution is 0.0927. The van der Waals surface area contributed by atoms with Crippen LogP contribution in [0.2, 0.25) is 0 Å². The molecule has 176 valence electrons. The molecule has 1 aliphatic carbocycles. The van der Waals surface area contributed by atoms with Gasteiger partial charge in [0.15, 0.2) is 5.11 Å². The summed E-state index contributed by atoms with van der Waals surface area (Å²) in [5.41, 5.74) is 1.51. The summed E-state index contributed by atoms with van der Waals surface area (Å²) < 4.78 is 10.7. The van der Waals surface area contributed by atoms with Crippen LogP contribution in [-0.2, 0) is 4.74 Å². The molecule has 1 saturated carbocycles. The van der Waals surface area contributed by atoms with Gasteiger partial charge in [-0.3, -0.25) is 14.9 Å². The lowest BCUT2D eigenvalue weighted by Crippen LogP contribution is -2.42. The van der Waals surface area contributed by atoms with Crippen molar-refractivity contribution in [2.75, 3.05) is 32.3 Å². The second-order valence-corrected chi connectivity index (χ2v) is 8.37. The van der Waals surface area contributed by atoms with E-state index in [-0.39, 0.29) is 23.0 Å². The van der Waals surface area contributed by atoms with Crippen molar-refractivity contribution >= 4 is 34.8 Å². The first-order valence-electron chi connectivity index (χ1n) is 11.2. The van der Waals surface area contributed by atoms with Gasteiger partial charge in [-0.05, 0) is 49.3 Å². The molecule has 2 amide bonds. The maximum Gasteiger partial charge on any atom is 0.261 e. The standard InChI is InChI=1S/C25H31N3O4S/c1-28(21-14-8-6-12-19(21)23(29)26-18-10-4-3-5-11-18)25(33)27-24(30)20-13-7-9-15-22(20)32-17-16-31-2/h6-9,12-15,18H,3-5,10-11,16-17H2,1-2H3,(H,26,29)(H,27,30,33). The second-order valence-electron chi connectivity index (χ2n) is 7.98. The Morgan fingerprint density at radius 2 is 1.64 bits per heavy atom. The summed E-state index contributed by atoms with van der Waals surface area (Å²) in [6.45, 7) is 0.741. The van der Waals surface area contributed by atoms with Crippen molar-refractivity contribution in [2.24, 2.45) is 0 Å². The summed E-state index contributed by atoms with van der Waals surface area (Å²) in [6.07, 6.45) is 5.51. The van der Waals surface area contributed by atoms with Crippen molar-refractivity contribution in [1.29, 1.82) is 0 Å². The number of methoxy groups -OCH3 is 1. The largest absolute Gasteiger partial charge is 0.490 e. The smallest absolute Gasteiger partial charge is 0.261 e. The van der Waals surface area contributed by atoms with Crippen molar-refractivity contribution in [3.8, 4) is 5.75 Å². The zero-order valence-electron chi connectivity index (χ0n) is 19.1. The fraction of sp³-hybridized carbons (Fsp3) is 0.400. The van der Waals surface area contributed by atoms with Crippen molar-refractivity contribution < 1.29 is 19.1 Å². The number of para-hydroxylation sites is 2. The van der Waals surface area contributed by atoms with E-state index < -0.39 is 0 Å². The van der Waals surface area contributed by atoms with Crippen LogP contribution >= 0.6 is 12.2 Å². The first-order valence-corrected chi connectivity index (χ1v) is 11.6. The molecule has 0 unspecified atom stereocenters. The first kappa shape index (κ1) is 24.7. The second kappa shape index (κ2) is 12.3. The highest BCUT2D eigenvalue weighted by Crippen LogP contribution is 2.23. The third-order valence-corrected chi connectivity index (χ3v) is 6.03. The molecule has 0 radical (unpaired) electrons. The van der Waals surface area contributed by atoms with E-state index in [0.717, 1.165) is 25.7 Å². The van der Waals surface area contributed by atoms with E-state index in [1.165, 1.54) is 6.42 Å². The minimum atomic E-state index is -0.385. The summed E-state index contributed by atoms with van der Waals surface area (Å²) in [7, 11) is 3.32. The number of rotatable bonds is 8. The van der Waals surface area contributed by atoms with E-state index in [2.05, 4.69) is 10.6 Å². The molecule has 1 fully saturated rings. The minimum Gasteiger partial charge on any atom is -0.490 e. The van der Waals surface area contributed by atoms with Crippen LogP contribution in [-0.4, -0.2) is 50.3 Å². The Bertz CT molecular complexity index is 976. The Morgan fingerprint density at radius 1 is 0.970 bits per heavy atom. The van der Waals surface area contributed by atoms with E-state index >= 15 is 0 Å². The molecule has 8 heteroatoms. The van der Waals surface area contributed by atoms with Crippen LogP contribution in [0.4, 0.5) is 5.69 Å². The highest BCUT2D eigenvalue weighted by Gasteiger charge is 2.22. The molecule has 0 spiro atoms. The topological polar surface area (TPSA) is 79.9 Å². The molecule has 2 aromatic carbocycles. The molecule has 0 bridgehead atoms. The summed E-state index contributed by atoms with van der Waals surface area (Å²) in [5.74, 6) is -0.0656. The number of carbonyl (C=O) groups is 2. The van der Waals surface area contributed by atoms with Crippen molar-refractivity contribution in [2.45, 2.75) is 38.1 Å². The number of nitrogens with zero attached hydrogens (tertiary/aromatic N) is 1. The van der Waals surface area contributed by atoms with Crippen molar-refractivity contribution in [3.63, 3.8) is 0 Å². The Labute approximate surface area is 200 Å². The SMILES string of the molecule is COCCOc1ccccc1C(=O)NC(=S)N(C)c1ccccc1C(=O)NC1CCCCC1. The molecule has 7 nitrogen and oxygen atoms in total. The van der Waals surface area contributed by atoms with Crippen molar-refractivity contribution in [1.82, 2.24) is 10.6 Å². The summed E-state index contributed by atoms with van der Waals surface area (Å²) >= 11 is 5.49. The van der Waals surface area contributed by atoms with Gasteiger partial charge in [-0.25, -0.2) is 0 Å². The molecule has 3 rings (SSSR count). The molecular weight excluding hydrogens is 438 g/mol. The fourth-order valence-electron chi connectivity index (χ4n) is 3.84. The maximum absolute atomic E-state index is 13.0. The number of ether oxygens (including phenoxy) is 2. The fourth-order valence-corrected chi connectivity index (χ4v) is 4.03. The van der Waals surface area contributed by atoms with Crippen molar-refractivity contribution in [3.05, 3.63) is 59.7 Å². The van der Waals surface area contributed by atoms with Gasteiger partial charge in [0.2, 0.25) is 0 Å². The zero-order valence-corrected chi connectivity index (χ0v) is 20.0. The van der Waals surface area contributed by atoms with Gasteiger partial charge in [0.1, 0.15) is 12.4 Å². The monoisotopic (exact) mass is 469 g/mol. The molecule has 0 saturated heterocycles. The Kier molecular flexibility index (Phi) is 9.21. The third kappa shape index (κ3) is 6.76. The van der Waals surface area contributed by atoms with Gasteiger partial charge < -0.3 is 19.7 Å². The van der Waals surface area contributed by atoms with E-state index in [9.17, 15) is 9.59 Å². The highest BCUT2D eigenvalue weighted by molar-refractivity contribution is 7.80. The van der Waals surface area contributed by atoms with E-state index in [0.29, 0.717) is 35.8 Å². The number of thiocarbonyl (C=S) groups is 1.